The molecule has 0 radical (unpaired) electrons. The Morgan fingerprint density at radius 2 is 1.79 bits per heavy atom. The Balaban J connectivity index is 2.06. The molecule has 1 aromatic rings. The Kier molecular flexibility index (Phi) is 4.50. The zero-order valence-corrected chi connectivity index (χ0v) is 11.1. The van der Waals surface area contributed by atoms with Crippen LogP contribution in [0.3, 0.4) is 0 Å². The van der Waals surface area contributed by atoms with Crippen molar-refractivity contribution in [3.8, 4) is 0 Å². The fourth-order valence-electron chi connectivity index (χ4n) is 2.71. The third-order valence-corrected chi connectivity index (χ3v) is 4.02. The summed E-state index contributed by atoms with van der Waals surface area (Å²) in [7, 11) is 0. The zero-order valence-electron chi connectivity index (χ0n) is 11.1. The number of nitrogens with one attached hydrogen (secondary N) is 1. The smallest absolute Gasteiger partial charge is 0.310 e. The first-order chi connectivity index (χ1) is 9.00. The summed E-state index contributed by atoms with van der Waals surface area (Å²) in [5, 5.41) is 3.44. The van der Waals surface area contributed by atoms with E-state index in [1.807, 2.05) is 0 Å². The minimum absolute atomic E-state index is 0.193. The van der Waals surface area contributed by atoms with Crippen molar-refractivity contribution in [2.24, 2.45) is 5.92 Å². The van der Waals surface area contributed by atoms with E-state index in [0.29, 0.717) is 0 Å². The van der Waals surface area contributed by atoms with Gasteiger partial charge in [-0.1, -0.05) is 25.5 Å². The van der Waals surface area contributed by atoms with Gasteiger partial charge in [-0.3, -0.25) is 0 Å². The summed E-state index contributed by atoms with van der Waals surface area (Å²) in [6.07, 6.45) is 0.247. The van der Waals surface area contributed by atoms with Crippen molar-refractivity contribution in [1.29, 1.82) is 0 Å². The summed E-state index contributed by atoms with van der Waals surface area (Å²) in [5.41, 5.74) is 0.390. The number of hydrogen-bond acceptors (Lipinski definition) is 1. The first-order valence-electron chi connectivity index (χ1n) is 6.91. The fourth-order valence-corrected chi connectivity index (χ4v) is 2.71. The van der Waals surface area contributed by atoms with Crippen LogP contribution in [0.5, 0.6) is 0 Å². The second-order valence-electron chi connectivity index (χ2n) is 5.27. The van der Waals surface area contributed by atoms with Crippen LogP contribution < -0.4 is 5.32 Å². The average Bonchev–Trinajstić information content (AvgIpc) is 2.63. The maximum Gasteiger partial charge on any atom is 0.416 e. The molecule has 19 heavy (non-hydrogen) atoms. The summed E-state index contributed by atoms with van der Waals surface area (Å²) in [6.45, 7) is 3.15. The molecule has 2 atom stereocenters. The SMILES string of the molecule is CC[C@H]1CCN[C@H](c2ccc(C(F)(F)F)cc2)CC1. The number of hydrogen-bond donors (Lipinski definition) is 1. The first kappa shape index (κ1) is 14.4. The molecule has 0 aliphatic carbocycles. The highest BCUT2D eigenvalue weighted by molar-refractivity contribution is 5.27. The highest BCUT2D eigenvalue weighted by atomic mass is 19.4. The Bertz CT molecular complexity index is 397. The van der Waals surface area contributed by atoms with Gasteiger partial charge in [0.1, 0.15) is 0 Å². The number of benzene rings is 1. The molecule has 0 aromatic heterocycles. The van der Waals surface area contributed by atoms with Gasteiger partial charge in [0.15, 0.2) is 0 Å². The van der Waals surface area contributed by atoms with Crippen molar-refractivity contribution < 1.29 is 13.2 Å². The summed E-state index contributed by atoms with van der Waals surface area (Å²) >= 11 is 0. The van der Waals surface area contributed by atoms with E-state index < -0.39 is 11.7 Å². The normalized spacial score (nSPS) is 25.1. The first-order valence-corrected chi connectivity index (χ1v) is 6.91. The summed E-state index contributed by atoms with van der Waals surface area (Å²) in [5.74, 6) is 0.743. The zero-order chi connectivity index (χ0) is 13.9. The predicted molar refractivity (Wildman–Crippen MR) is 69.8 cm³/mol. The van der Waals surface area contributed by atoms with E-state index in [9.17, 15) is 13.2 Å². The molecule has 0 amide bonds. The lowest BCUT2D eigenvalue weighted by atomic mass is 9.94. The molecule has 1 fully saturated rings. The molecule has 1 N–H and O–H groups in total. The van der Waals surface area contributed by atoms with Crippen LogP contribution in [0.2, 0.25) is 0 Å². The molecule has 1 nitrogen and oxygen atoms in total. The highest BCUT2D eigenvalue weighted by Crippen LogP contribution is 2.32. The Hall–Kier alpha value is -1.03. The maximum atomic E-state index is 12.5. The molecular formula is C15H20F3N. The molecule has 0 saturated carbocycles. The quantitative estimate of drug-likeness (QED) is 0.832. The van der Waals surface area contributed by atoms with Gasteiger partial charge >= 0.3 is 6.18 Å². The van der Waals surface area contributed by atoms with Gasteiger partial charge in [-0.2, -0.15) is 13.2 Å². The second-order valence-corrected chi connectivity index (χ2v) is 5.27. The van der Waals surface area contributed by atoms with Crippen molar-refractivity contribution in [2.75, 3.05) is 6.54 Å². The van der Waals surface area contributed by atoms with Crippen molar-refractivity contribution >= 4 is 0 Å². The van der Waals surface area contributed by atoms with Crippen molar-refractivity contribution in [3.05, 3.63) is 35.4 Å². The van der Waals surface area contributed by atoms with E-state index in [0.717, 1.165) is 37.3 Å². The molecule has 0 spiro atoms. The lowest BCUT2D eigenvalue weighted by Gasteiger charge is -2.17. The van der Waals surface area contributed by atoms with Gasteiger partial charge in [0.25, 0.3) is 0 Å². The number of alkyl halides is 3. The maximum absolute atomic E-state index is 12.5. The van der Waals surface area contributed by atoms with E-state index in [2.05, 4.69) is 12.2 Å². The van der Waals surface area contributed by atoms with Gasteiger partial charge < -0.3 is 5.32 Å². The Morgan fingerprint density at radius 1 is 1.11 bits per heavy atom. The predicted octanol–water partition coefficient (Wildman–Crippen LogP) is 4.55. The Labute approximate surface area is 112 Å². The molecule has 0 unspecified atom stereocenters. The van der Waals surface area contributed by atoms with Gasteiger partial charge in [0, 0.05) is 6.04 Å². The van der Waals surface area contributed by atoms with Crippen LogP contribution >= 0.6 is 0 Å². The lowest BCUT2D eigenvalue weighted by Crippen LogP contribution is -2.20. The monoisotopic (exact) mass is 271 g/mol. The van der Waals surface area contributed by atoms with Crippen molar-refractivity contribution in [2.45, 2.75) is 44.8 Å². The molecule has 4 heteroatoms. The van der Waals surface area contributed by atoms with Crippen LogP contribution in [0, 0.1) is 5.92 Å². The topological polar surface area (TPSA) is 12.0 Å². The van der Waals surface area contributed by atoms with E-state index in [-0.39, 0.29) is 6.04 Å². The molecule has 2 rings (SSSR count). The third-order valence-electron chi connectivity index (χ3n) is 4.02. The van der Waals surface area contributed by atoms with Gasteiger partial charge in [-0.25, -0.2) is 0 Å². The van der Waals surface area contributed by atoms with Crippen LogP contribution in [0.25, 0.3) is 0 Å². The molecule has 106 valence electrons. The highest BCUT2D eigenvalue weighted by Gasteiger charge is 2.30. The van der Waals surface area contributed by atoms with Crippen LogP contribution in [-0.2, 0) is 6.18 Å². The summed E-state index contributed by atoms with van der Waals surface area (Å²) < 4.78 is 37.5. The van der Waals surface area contributed by atoms with Gasteiger partial charge in [-0.15, -0.1) is 0 Å². The molecule has 1 aliphatic rings. The minimum atomic E-state index is -4.25. The summed E-state index contributed by atoms with van der Waals surface area (Å²) in [4.78, 5) is 0. The Morgan fingerprint density at radius 3 is 2.37 bits per heavy atom. The molecular weight excluding hydrogens is 251 g/mol. The molecule has 1 saturated heterocycles. The van der Waals surface area contributed by atoms with Gasteiger partial charge in [0.05, 0.1) is 5.56 Å². The van der Waals surface area contributed by atoms with Crippen LogP contribution in [0.4, 0.5) is 13.2 Å². The molecule has 0 bridgehead atoms. The van der Waals surface area contributed by atoms with E-state index in [1.54, 1.807) is 12.1 Å². The van der Waals surface area contributed by atoms with Crippen LogP contribution in [0.15, 0.2) is 24.3 Å². The van der Waals surface area contributed by atoms with Crippen LogP contribution in [0.1, 0.15) is 49.8 Å². The lowest BCUT2D eigenvalue weighted by molar-refractivity contribution is -0.137. The van der Waals surface area contributed by atoms with E-state index >= 15 is 0 Å². The fraction of sp³-hybridized carbons (Fsp3) is 0.600. The second kappa shape index (κ2) is 5.95. The van der Waals surface area contributed by atoms with Crippen LogP contribution in [-0.4, -0.2) is 6.54 Å². The van der Waals surface area contributed by atoms with Crippen molar-refractivity contribution in [1.82, 2.24) is 5.32 Å². The number of halogens is 3. The standard InChI is InChI=1S/C15H20F3N/c1-2-11-3-8-14(19-10-9-11)12-4-6-13(7-5-12)15(16,17)18/h4-7,11,14,19H,2-3,8-10H2,1H3/t11-,14+/m1/s1. The molecule has 1 heterocycles. The minimum Gasteiger partial charge on any atom is -0.310 e. The average molecular weight is 271 g/mol. The van der Waals surface area contributed by atoms with Crippen molar-refractivity contribution in [3.63, 3.8) is 0 Å². The van der Waals surface area contributed by atoms with Gasteiger partial charge in [0.2, 0.25) is 0 Å². The molecule has 1 aromatic carbocycles. The largest absolute Gasteiger partial charge is 0.416 e. The molecule has 1 aliphatic heterocycles. The third kappa shape index (κ3) is 3.72. The summed E-state index contributed by atoms with van der Waals surface area (Å²) in [6, 6.07) is 5.76. The van der Waals surface area contributed by atoms with E-state index in [1.165, 1.54) is 18.6 Å². The van der Waals surface area contributed by atoms with Gasteiger partial charge in [-0.05, 0) is 49.4 Å². The van der Waals surface area contributed by atoms with E-state index in [4.69, 9.17) is 0 Å². The number of rotatable bonds is 2.